The lowest BCUT2D eigenvalue weighted by Crippen LogP contribution is -2.40. The van der Waals surface area contributed by atoms with Crippen LogP contribution >= 0.6 is 0 Å². The Bertz CT molecular complexity index is 192. The lowest BCUT2D eigenvalue weighted by molar-refractivity contribution is -0.135. The van der Waals surface area contributed by atoms with Crippen LogP contribution in [0, 0.1) is 0 Å². The topological polar surface area (TPSA) is 21.3 Å². The molecular formula is C11H22F3NO. The number of nitrogens with one attached hydrogen (secondary N) is 1. The van der Waals surface area contributed by atoms with Crippen molar-refractivity contribution in [2.24, 2.45) is 0 Å². The highest BCUT2D eigenvalue weighted by molar-refractivity contribution is 4.73. The van der Waals surface area contributed by atoms with Crippen molar-refractivity contribution in [3.8, 4) is 0 Å². The molecule has 1 unspecified atom stereocenters. The zero-order chi connectivity index (χ0) is 12.8. The molecule has 98 valence electrons. The van der Waals surface area contributed by atoms with E-state index in [9.17, 15) is 13.2 Å². The predicted molar refractivity (Wildman–Crippen MR) is 58.5 cm³/mol. The molecule has 0 amide bonds. The quantitative estimate of drug-likeness (QED) is 0.739. The molecular weight excluding hydrogens is 219 g/mol. The Hall–Kier alpha value is -0.290. The van der Waals surface area contributed by atoms with Crippen LogP contribution in [0.15, 0.2) is 0 Å². The van der Waals surface area contributed by atoms with Crippen molar-refractivity contribution < 1.29 is 17.9 Å². The number of methoxy groups -OCH3 is 1. The molecule has 0 fully saturated rings. The molecule has 0 aliphatic carbocycles. The standard InChI is InChI=1S/C11H22F3NO/c1-9(6-5-7-11(12,13)14)15-8-10(2,3)16-4/h9,15H,5-8H2,1-4H3. The minimum absolute atomic E-state index is 0.0803. The molecule has 0 aromatic rings. The van der Waals surface area contributed by atoms with Crippen molar-refractivity contribution in [1.29, 1.82) is 0 Å². The van der Waals surface area contributed by atoms with E-state index in [0.29, 0.717) is 13.0 Å². The van der Waals surface area contributed by atoms with Gasteiger partial charge in [0.15, 0.2) is 0 Å². The second-order valence-electron chi connectivity index (χ2n) is 4.75. The summed E-state index contributed by atoms with van der Waals surface area (Å²) in [4.78, 5) is 0. The molecule has 0 heterocycles. The number of halogens is 3. The Morgan fingerprint density at radius 3 is 2.25 bits per heavy atom. The molecule has 0 aliphatic heterocycles. The van der Waals surface area contributed by atoms with Crippen LogP contribution in [0.2, 0.25) is 0 Å². The second kappa shape index (κ2) is 6.45. The summed E-state index contributed by atoms with van der Waals surface area (Å²) >= 11 is 0. The monoisotopic (exact) mass is 241 g/mol. The largest absolute Gasteiger partial charge is 0.389 e. The maximum atomic E-state index is 11.9. The maximum absolute atomic E-state index is 11.9. The highest BCUT2D eigenvalue weighted by atomic mass is 19.4. The highest BCUT2D eigenvalue weighted by Gasteiger charge is 2.26. The van der Waals surface area contributed by atoms with Gasteiger partial charge in [-0.05, 0) is 33.6 Å². The van der Waals surface area contributed by atoms with E-state index in [4.69, 9.17) is 4.74 Å². The number of hydrogen-bond donors (Lipinski definition) is 1. The van der Waals surface area contributed by atoms with Gasteiger partial charge in [-0.1, -0.05) is 0 Å². The Balaban J connectivity index is 3.64. The zero-order valence-corrected chi connectivity index (χ0v) is 10.4. The SMILES string of the molecule is COC(C)(C)CNC(C)CCCC(F)(F)F. The van der Waals surface area contributed by atoms with Gasteiger partial charge < -0.3 is 10.1 Å². The van der Waals surface area contributed by atoms with E-state index in [1.165, 1.54) is 0 Å². The van der Waals surface area contributed by atoms with Gasteiger partial charge in [0.05, 0.1) is 5.60 Å². The summed E-state index contributed by atoms with van der Waals surface area (Å²) in [5, 5.41) is 3.17. The smallest absolute Gasteiger partial charge is 0.377 e. The third-order valence-electron chi connectivity index (χ3n) is 2.53. The summed E-state index contributed by atoms with van der Waals surface area (Å²) in [6.45, 7) is 6.39. The van der Waals surface area contributed by atoms with E-state index in [1.807, 2.05) is 20.8 Å². The van der Waals surface area contributed by atoms with E-state index in [0.717, 1.165) is 0 Å². The fourth-order valence-corrected chi connectivity index (χ4v) is 1.20. The Labute approximate surface area is 95.5 Å². The van der Waals surface area contributed by atoms with Crippen LogP contribution < -0.4 is 5.32 Å². The molecule has 2 nitrogen and oxygen atoms in total. The van der Waals surface area contributed by atoms with Crippen molar-refractivity contribution in [2.75, 3.05) is 13.7 Å². The summed E-state index contributed by atoms with van der Waals surface area (Å²) in [6, 6.07) is 0.0803. The van der Waals surface area contributed by atoms with Crippen molar-refractivity contribution >= 4 is 0 Å². The van der Waals surface area contributed by atoms with E-state index < -0.39 is 12.6 Å². The van der Waals surface area contributed by atoms with Crippen molar-refractivity contribution in [1.82, 2.24) is 5.32 Å². The lowest BCUT2D eigenvalue weighted by atomic mass is 10.1. The minimum atomic E-state index is -4.04. The fraction of sp³-hybridized carbons (Fsp3) is 1.00. The summed E-state index contributed by atoms with van der Waals surface area (Å²) in [5.74, 6) is 0. The first-order valence-electron chi connectivity index (χ1n) is 5.51. The third-order valence-corrected chi connectivity index (χ3v) is 2.53. The number of hydrogen-bond acceptors (Lipinski definition) is 2. The molecule has 0 saturated carbocycles. The van der Waals surface area contributed by atoms with Crippen LogP contribution in [0.1, 0.15) is 40.0 Å². The predicted octanol–water partition coefficient (Wildman–Crippen LogP) is 3.12. The van der Waals surface area contributed by atoms with Gasteiger partial charge in [-0.15, -0.1) is 0 Å². The molecule has 5 heteroatoms. The number of alkyl halides is 3. The van der Waals surface area contributed by atoms with E-state index >= 15 is 0 Å². The van der Waals surface area contributed by atoms with Crippen LogP contribution in [0.5, 0.6) is 0 Å². The van der Waals surface area contributed by atoms with Gasteiger partial charge in [-0.3, -0.25) is 0 Å². The molecule has 0 aromatic carbocycles. The maximum Gasteiger partial charge on any atom is 0.389 e. The van der Waals surface area contributed by atoms with Gasteiger partial charge in [0, 0.05) is 26.1 Å². The van der Waals surface area contributed by atoms with Crippen molar-refractivity contribution in [2.45, 2.75) is 57.9 Å². The molecule has 1 N–H and O–H groups in total. The van der Waals surface area contributed by atoms with Crippen LogP contribution in [0.3, 0.4) is 0 Å². The summed E-state index contributed by atoms with van der Waals surface area (Å²) in [7, 11) is 1.62. The lowest BCUT2D eigenvalue weighted by Gasteiger charge is -2.25. The summed E-state index contributed by atoms with van der Waals surface area (Å²) in [6.07, 6.45) is -4.04. The van der Waals surface area contributed by atoms with Gasteiger partial charge in [0.2, 0.25) is 0 Å². The molecule has 0 rings (SSSR count). The average Bonchev–Trinajstić information content (AvgIpc) is 2.13. The molecule has 1 atom stereocenters. The van der Waals surface area contributed by atoms with Crippen LogP contribution in [-0.4, -0.2) is 31.5 Å². The molecule has 0 aliphatic rings. The average molecular weight is 241 g/mol. The normalized spacial score (nSPS) is 15.2. The second-order valence-corrected chi connectivity index (χ2v) is 4.75. The van der Waals surface area contributed by atoms with Crippen molar-refractivity contribution in [3.63, 3.8) is 0 Å². The van der Waals surface area contributed by atoms with E-state index in [-0.39, 0.29) is 18.1 Å². The van der Waals surface area contributed by atoms with E-state index in [2.05, 4.69) is 5.32 Å². The van der Waals surface area contributed by atoms with Gasteiger partial charge in [-0.25, -0.2) is 0 Å². The minimum Gasteiger partial charge on any atom is -0.377 e. The van der Waals surface area contributed by atoms with Gasteiger partial charge >= 0.3 is 6.18 Å². The number of rotatable bonds is 7. The number of ether oxygens (including phenoxy) is 1. The summed E-state index contributed by atoms with van der Waals surface area (Å²) in [5.41, 5.74) is -0.279. The Morgan fingerprint density at radius 2 is 1.81 bits per heavy atom. The molecule has 0 aromatic heterocycles. The Kier molecular flexibility index (Phi) is 6.33. The first-order valence-corrected chi connectivity index (χ1v) is 5.51. The zero-order valence-electron chi connectivity index (χ0n) is 10.4. The summed E-state index contributed by atoms with van der Waals surface area (Å²) < 4.78 is 40.9. The van der Waals surface area contributed by atoms with Crippen LogP contribution in [0.4, 0.5) is 13.2 Å². The van der Waals surface area contributed by atoms with Gasteiger partial charge in [-0.2, -0.15) is 13.2 Å². The third kappa shape index (κ3) is 8.97. The molecule has 0 radical (unpaired) electrons. The molecule has 0 bridgehead atoms. The molecule has 16 heavy (non-hydrogen) atoms. The fourth-order valence-electron chi connectivity index (χ4n) is 1.20. The van der Waals surface area contributed by atoms with Crippen LogP contribution in [-0.2, 0) is 4.74 Å². The van der Waals surface area contributed by atoms with Gasteiger partial charge in [0.1, 0.15) is 0 Å². The first-order chi connectivity index (χ1) is 7.16. The van der Waals surface area contributed by atoms with Crippen molar-refractivity contribution in [3.05, 3.63) is 0 Å². The molecule has 0 saturated heterocycles. The Morgan fingerprint density at radius 1 is 1.25 bits per heavy atom. The van der Waals surface area contributed by atoms with E-state index in [1.54, 1.807) is 7.11 Å². The van der Waals surface area contributed by atoms with Crippen LogP contribution in [0.25, 0.3) is 0 Å². The molecule has 0 spiro atoms. The highest BCUT2D eigenvalue weighted by Crippen LogP contribution is 2.22. The van der Waals surface area contributed by atoms with Gasteiger partial charge in [0.25, 0.3) is 0 Å². The first kappa shape index (κ1) is 15.7.